The lowest BCUT2D eigenvalue weighted by Crippen LogP contribution is -2.31. The number of esters is 1. The molecule has 154 valence electrons. The number of nitrogens with zero attached hydrogens (tertiary/aromatic N) is 4. The van der Waals surface area contributed by atoms with Gasteiger partial charge in [-0.2, -0.15) is 0 Å². The Kier molecular flexibility index (Phi) is 5.41. The minimum atomic E-state index is -0.661. The molecule has 0 aliphatic carbocycles. The molecule has 11 nitrogen and oxygen atoms in total. The van der Waals surface area contributed by atoms with Crippen molar-refractivity contribution in [1.82, 2.24) is 18.8 Å². The van der Waals surface area contributed by atoms with E-state index in [9.17, 15) is 19.2 Å². The largest absolute Gasteiger partial charge is 0.466 e. The molecule has 2 N–H and O–H groups in total. The molecule has 1 aromatic carbocycles. The van der Waals surface area contributed by atoms with Gasteiger partial charge in [0, 0.05) is 26.3 Å². The standard InChI is InChI=1S/C18H21N5O6/c1-20-17(27)23(18(28)21(20)2)12-6-4-5-11(9-12)19-14-13(16(26)29-3)10-22(7-8-24)15(14)25/h4-6,9,19,24H,7-8,10H2,1-3H3. The van der Waals surface area contributed by atoms with Gasteiger partial charge in [-0.3, -0.25) is 4.79 Å². The lowest BCUT2D eigenvalue weighted by molar-refractivity contribution is -0.136. The number of aliphatic hydroxyl groups excluding tert-OH is 1. The normalized spacial score (nSPS) is 13.9. The molecule has 0 atom stereocenters. The van der Waals surface area contributed by atoms with Gasteiger partial charge in [-0.05, 0) is 18.2 Å². The van der Waals surface area contributed by atoms with Crippen molar-refractivity contribution in [1.29, 1.82) is 0 Å². The van der Waals surface area contributed by atoms with Crippen molar-refractivity contribution in [3.05, 3.63) is 56.5 Å². The molecule has 11 heteroatoms. The van der Waals surface area contributed by atoms with Crippen LogP contribution >= 0.6 is 0 Å². The molecular weight excluding hydrogens is 382 g/mol. The zero-order valence-electron chi connectivity index (χ0n) is 16.2. The summed E-state index contributed by atoms with van der Waals surface area (Å²) in [5.41, 5.74) is -0.180. The molecule has 3 rings (SSSR count). The van der Waals surface area contributed by atoms with E-state index in [0.717, 1.165) is 4.57 Å². The zero-order valence-corrected chi connectivity index (χ0v) is 16.2. The van der Waals surface area contributed by atoms with E-state index in [1.807, 2.05) is 0 Å². The number of anilines is 1. The van der Waals surface area contributed by atoms with Gasteiger partial charge in [0.1, 0.15) is 5.70 Å². The average Bonchev–Trinajstić information content (AvgIpc) is 3.11. The van der Waals surface area contributed by atoms with Crippen molar-refractivity contribution < 1.29 is 19.4 Å². The van der Waals surface area contributed by atoms with Crippen molar-refractivity contribution >= 4 is 17.6 Å². The molecule has 0 radical (unpaired) electrons. The van der Waals surface area contributed by atoms with Gasteiger partial charge in [0.05, 0.1) is 31.5 Å². The van der Waals surface area contributed by atoms with Crippen molar-refractivity contribution in [2.45, 2.75) is 0 Å². The predicted molar refractivity (Wildman–Crippen MR) is 103 cm³/mol. The van der Waals surface area contributed by atoms with Crippen molar-refractivity contribution in [2.75, 3.05) is 32.1 Å². The summed E-state index contributed by atoms with van der Waals surface area (Å²) in [6.45, 7) is -0.171. The van der Waals surface area contributed by atoms with Gasteiger partial charge < -0.3 is 20.1 Å². The first-order valence-electron chi connectivity index (χ1n) is 8.74. The summed E-state index contributed by atoms with van der Waals surface area (Å²) in [5, 5.41) is 12.0. The van der Waals surface area contributed by atoms with Crippen LogP contribution in [-0.4, -0.2) is 62.6 Å². The Morgan fingerprint density at radius 2 is 1.83 bits per heavy atom. The summed E-state index contributed by atoms with van der Waals surface area (Å²) in [4.78, 5) is 50.7. The Bertz CT molecular complexity index is 1090. The molecule has 1 aromatic heterocycles. The van der Waals surface area contributed by atoms with E-state index in [2.05, 4.69) is 5.32 Å². The number of ether oxygens (including phenoxy) is 1. The summed E-state index contributed by atoms with van der Waals surface area (Å²) < 4.78 is 8.09. The summed E-state index contributed by atoms with van der Waals surface area (Å²) in [6.07, 6.45) is 0. The molecule has 1 aliphatic heterocycles. The Hall–Kier alpha value is -3.60. The number of methoxy groups -OCH3 is 1. The molecule has 2 heterocycles. The lowest BCUT2D eigenvalue weighted by Gasteiger charge is -2.15. The van der Waals surface area contributed by atoms with Crippen molar-refractivity contribution in [3.8, 4) is 5.69 Å². The predicted octanol–water partition coefficient (Wildman–Crippen LogP) is -1.45. The van der Waals surface area contributed by atoms with Crippen LogP contribution in [0.4, 0.5) is 5.69 Å². The quantitative estimate of drug-likeness (QED) is 0.565. The number of β-amino-alcohol motifs (C(OH)–C–C–N with tert-alkyl or cyclic N) is 1. The molecule has 0 saturated heterocycles. The van der Waals surface area contributed by atoms with E-state index in [-0.39, 0.29) is 31.0 Å². The molecule has 0 saturated carbocycles. The number of carbonyl (C=O) groups is 2. The maximum Gasteiger partial charge on any atom is 0.351 e. The maximum absolute atomic E-state index is 12.6. The highest BCUT2D eigenvalue weighted by Gasteiger charge is 2.34. The zero-order chi connectivity index (χ0) is 21.3. The number of nitrogens with one attached hydrogen (secondary N) is 1. The number of carbonyl (C=O) groups excluding carboxylic acids is 2. The third kappa shape index (κ3) is 3.47. The molecule has 29 heavy (non-hydrogen) atoms. The van der Waals surface area contributed by atoms with Crippen LogP contribution in [0.3, 0.4) is 0 Å². The topological polar surface area (TPSA) is 128 Å². The van der Waals surface area contributed by atoms with Crippen LogP contribution in [0.15, 0.2) is 45.1 Å². The Balaban J connectivity index is 2.00. The summed E-state index contributed by atoms with van der Waals surface area (Å²) >= 11 is 0. The Morgan fingerprint density at radius 1 is 1.17 bits per heavy atom. The SMILES string of the molecule is COC(=O)C1=C(Nc2cccc(-n3c(=O)n(C)n(C)c3=O)c2)C(=O)N(CCO)C1. The number of hydrogen-bond acceptors (Lipinski definition) is 7. The highest BCUT2D eigenvalue weighted by Crippen LogP contribution is 2.23. The van der Waals surface area contributed by atoms with Gasteiger partial charge in [0.25, 0.3) is 5.91 Å². The van der Waals surface area contributed by atoms with Gasteiger partial charge in [-0.25, -0.2) is 28.3 Å². The van der Waals surface area contributed by atoms with Crippen LogP contribution in [0.5, 0.6) is 0 Å². The van der Waals surface area contributed by atoms with Gasteiger partial charge in [0.2, 0.25) is 0 Å². The first kappa shape index (κ1) is 20.1. The Morgan fingerprint density at radius 3 is 2.41 bits per heavy atom. The van der Waals surface area contributed by atoms with Crippen molar-refractivity contribution in [3.63, 3.8) is 0 Å². The Labute approximate surface area is 165 Å². The molecular formula is C18H21N5O6. The first-order valence-corrected chi connectivity index (χ1v) is 8.74. The van der Waals surface area contributed by atoms with Gasteiger partial charge in [-0.15, -0.1) is 0 Å². The molecule has 1 aliphatic rings. The maximum atomic E-state index is 12.6. The second-order valence-corrected chi connectivity index (χ2v) is 6.42. The molecule has 0 fully saturated rings. The van der Waals surface area contributed by atoms with Crippen molar-refractivity contribution in [2.24, 2.45) is 14.1 Å². The monoisotopic (exact) mass is 403 g/mol. The fourth-order valence-electron chi connectivity index (χ4n) is 3.06. The highest BCUT2D eigenvalue weighted by molar-refractivity contribution is 6.08. The van der Waals surface area contributed by atoms with Crippen LogP contribution in [0.25, 0.3) is 5.69 Å². The third-order valence-electron chi connectivity index (χ3n) is 4.71. The van der Waals surface area contributed by atoms with Gasteiger partial charge in [0.15, 0.2) is 0 Å². The van der Waals surface area contributed by atoms with E-state index in [1.54, 1.807) is 18.2 Å². The number of hydrogen-bond donors (Lipinski definition) is 2. The fraction of sp³-hybridized carbons (Fsp3) is 0.333. The van der Waals surface area contributed by atoms with E-state index in [4.69, 9.17) is 9.84 Å². The number of rotatable bonds is 6. The molecule has 0 unspecified atom stereocenters. The lowest BCUT2D eigenvalue weighted by atomic mass is 10.2. The minimum Gasteiger partial charge on any atom is -0.466 e. The average molecular weight is 403 g/mol. The van der Waals surface area contributed by atoms with Gasteiger partial charge >= 0.3 is 17.3 Å². The number of aromatic nitrogens is 3. The second-order valence-electron chi connectivity index (χ2n) is 6.42. The fourth-order valence-corrected chi connectivity index (χ4v) is 3.06. The number of benzene rings is 1. The highest BCUT2D eigenvalue weighted by atomic mass is 16.5. The summed E-state index contributed by atoms with van der Waals surface area (Å²) in [5.74, 6) is -1.12. The molecule has 1 amide bonds. The third-order valence-corrected chi connectivity index (χ3v) is 4.71. The van der Waals surface area contributed by atoms with Crippen LogP contribution in [0, 0.1) is 0 Å². The minimum absolute atomic E-state index is 0.00672. The first-order chi connectivity index (χ1) is 13.8. The summed E-state index contributed by atoms with van der Waals surface area (Å²) in [7, 11) is 4.16. The second kappa shape index (κ2) is 7.80. The van der Waals surface area contributed by atoms with Gasteiger partial charge in [-0.1, -0.05) is 6.07 Å². The summed E-state index contributed by atoms with van der Waals surface area (Å²) in [6, 6.07) is 6.34. The molecule has 0 spiro atoms. The van der Waals surface area contributed by atoms with Crippen LogP contribution in [0.1, 0.15) is 0 Å². The number of amides is 1. The number of aliphatic hydroxyl groups is 1. The van der Waals surface area contributed by atoms with E-state index in [1.165, 1.54) is 41.5 Å². The molecule has 2 aromatic rings. The van der Waals surface area contributed by atoms with Crippen LogP contribution in [-0.2, 0) is 28.4 Å². The van der Waals surface area contributed by atoms with Crippen LogP contribution < -0.4 is 16.7 Å². The van der Waals surface area contributed by atoms with E-state index < -0.39 is 23.3 Å². The smallest absolute Gasteiger partial charge is 0.351 e. The van der Waals surface area contributed by atoms with E-state index in [0.29, 0.717) is 11.4 Å². The van der Waals surface area contributed by atoms with E-state index >= 15 is 0 Å². The van der Waals surface area contributed by atoms with Crippen LogP contribution in [0.2, 0.25) is 0 Å². The molecule has 0 bridgehead atoms.